The van der Waals surface area contributed by atoms with E-state index in [4.69, 9.17) is 21.1 Å². The van der Waals surface area contributed by atoms with Crippen molar-refractivity contribution >= 4 is 39.1 Å². The van der Waals surface area contributed by atoms with Gasteiger partial charge < -0.3 is 19.7 Å². The van der Waals surface area contributed by atoms with E-state index in [-0.39, 0.29) is 35.2 Å². The van der Waals surface area contributed by atoms with Crippen molar-refractivity contribution in [2.45, 2.75) is 57.1 Å². The Morgan fingerprint density at radius 2 is 1.46 bits per heavy atom. The molecule has 254 valence electrons. The van der Waals surface area contributed by atoms with Crippen LogP contribution in [0.5, 0.6) is 11.5 Å². The Kier molecular flexibility index (Phi) is 11.8. The van der Waals surface area contributed by atoms with Crippen LogP contribution < -0.4 is 19.1 Å². The van der Waals surface area contributed by atoms with E-state index in [1.54, 1.807) is 12.1 Å². The van der Waals surface area contributed by atoms with E-state index in [1.807, 2.05) is 82.3 Å². The van der Waals surface area contributed by atoms with Crippen molar-refractivity contribution in [2.24, 2.45) is 0 Å². The van der Waals surface area contributed by atoms with Crippen LogP contribution in [0.4, 0.5) is 5.69 Å². The average molecular weight is 692 g/mol. The second kappa shape index (κ2) is 15.6. The number of methoxy groups -OCH3 is 2. The fourth-order valence-corrected chi connectivity index (χ4v) is 6.69. The molecule has 0 bridgehead atoms. The van der Waals surface area contributed by atoms with Crippen LogP contribution in [0.2, 0.25) is 5.02 Å². The van der Waals surface area contributed by atoms with Gasteiger partial charge in [0.2, 0.25) is 11.8 Å². The van der Waals surface area contributed by atoms with Crippen molar-refractivity contribution in [1.29, 1.82) is 0 Å². The molecule has 0 fully saturated rings. The number of rotatable bonds is 13. The summed E-state index contributed by atoms with van der Waals surface area (Å²) in [7, 11) is -1.50. The number of benzene rings is 4. The molecule has 0 saturated carbocycles. The lowest BCUT2D eigenvalue weighted by Crippen LogP contribution is -2.56. The summed E-state index contributed by atoms with van der Waals surface area (Å²) < 4.78 is 40.4. The van der Waals surface area contributed by atoms with Crippen molar-refractivity contribution in [3.05, 3.63) is 119 Å². The molecule has 0 aromatic heterocycles. The number of aryl methyl sites for hydroxylation is 1. The van der Waals surface area contributed by atoms with Crippen LogP contribution >= 0.6 is 11.6 Å². The Bertz CT molecular complexity index is 1810. The van der Waals surface area contributed by atoms with Crippen LogP contribution in [0.1, 0.15) is 37.5 Å². The Morgan fingerprint density at radius 3 is 2.04 bits per heavy atom. The van der Waals surface area contributed by atoms with Gasteiger partial charge in [0.15, 0.2) is 11.5 Å². The number of ether oxygens (including phenoxy) is 2. The van der Waals surface area contributed by atoms with E-state index >= 15 is 0 Å². The summed E-state index contributed by atoms with van der Waals surface area (Å²) in [5.41, 5.74) is 2.31. The molecule has 48 heavy (non-hydrogen) atoms. The molecule has 1 N–H and O–H groups in total. The molecule has 0 aliphatic rings. The standard InChI is InChI=1S/C37H42ClN3O6S/c1-26-12-14-28(15-13-26)24-40(32(36(43)39-37(2,3)4)22-27-10-8-7-9-11-27)35(42)25-41(30-18-16-29(38)17-19-30)48(44,45)31-20-21-33(46-5)34(23-31)47-6/h7-21,23,32H,22,24-25H2,1-6H3,(H,39,43)/t32-/m1/s1. The van der Waals surface area contributed by atoms with E-state index < -0.39 is 34.1 Å². The quantitative estimate of drug-likeness (QED) is 0.174. The average Bonchev–Trinajstić information content (AvgIpc) is 3.05. The number of carbonyl (C=O) groups is 2. The van der Waals surface area contributed by atoms with Crippen molar-refractivity contribution < 1.29 is 27.5 Å². The van der Waals surface area contributed by atoms with E-state index in [1.165, 1.54) is 49.5 Å². The van der Waals surface area contributed by atoms with E-state index in [0.29, 0.717) is 10.8 Å². The van der Waals surface area contributed by atoms with Crippen molar-refractivity contribution in [1.82, 2.24) is 10.2 Å². The maximum atomic E-state index is 14.6. The van der Waals surface area contributed by atoms with Crippen LogP contribution in [0.25, 0.3) is 0 Å². The minimum absolute atomic E-state index is 0.0685. The normalized spacial score (nSPS) is 12.1. The number of halogens is 1. The van der Waals surface area contributed by atoms with Gasteiger partial charge in [0.05, 0.1) is 24.8 Å². The molecule has 2 amide bonds. The molecule has 11 heteroatoms. The summed E-state index contributed by atoms with van der Waals surface area (Å²) in [6, 6.07) is 26.5. The molecule has 4 aromatic rings. The predicted molar refractivity (Wildman–Crippen MR) is 189 cm³/mol. The maximum Gasteiger partial charge on any atom is 0.264 e. The van der Waals surface area contributed by atoms with E-state index in [9.17, 15) is 18.0 Å². The second-order valence-corrected chi connectivity index (χ2v) is 14.8. The number of nitrogens with zero attached hydrogens (tertiary/aromatic N) is 2. The van der Waals surface area contributed by atoms with E-state index in [0.717, 1.165) is 21.0 Å². The molecule has 0 heterocycles. The van der Waals surface area contributed by atoms with Crippen LogP contribution in [-0.2, 0) is 32.6 Å². The van der Waals surface area contributed by atoms with Crippen LogP contribution in [0.15, 0.2) is 102 Å². The van der Waals surface area contributed by atoms with Crippen LogP contribution in [0.3, 0.4) is 0 Å². The van der Waals surface area contributed by atoms with Gasteiger partial charge >= 0.3 is 0 Å². The minimum Gasteiger partial charge on any atom is -0.493 e. The monoisotopic (exact) mass is 691 g/mol. The summed E-state index contributed by atoms with van der Waals surface area (Å²) in [6.45, 7) is 7.04. The molecule has 0 aliphatic carbocycles. The lowest BCUT2D eigenvalue weighted by Gasteiger charge is -2.35. The zero-order chi connectivity index (χ0) is 35.1. The highest BCUT2D eigenvalue weighted by Crippen LogP contribution is 2.33. The SMILES string of the molecule is COc1ccc(S(=O)(=O)N(CC(=O)N(Cc2ccc(C)cc2)[C@H](Cc2ccccc2)C(=O)NC(C)(C)C)c2ccc(Cl)cc2)cc1OC. The number of nitrogens with one attached hydrogen (secondary N) is 1. The van der Waals surface area contributed by atoms with Gasteiger partial charge in [0.1, 0.15) is 12.6 Å². The third-order valence-corrected chi connectivity index (χ3v) is 9.60. The Hall–Kier alpha value is -4.54. The first kappa shape index (κ1) is 36.3. The van der Waals surface area contributed by atoms with Gasteiger partial charge in [0, 0.05) is 29.6 Å². The Labute approximate surface area is 288 Å². The van der Waals surface area contributed by atoms with Gasteiger partial charge in [-0.25, -0.2) is 8.42 Å². The van der Waals surface area contributed by atoms with Crippen molar-refractivity contribution in [3.8, 4) is 11.5 Å². The molecular weight excluding hydrogens is 650 g/mol. The van der Waals surface area contributed by atoms with Crippen LogP contribution in [-0.4, -0.2) is 57.5 Å². The van der Waals surface area contributed by atoms with Gasteiger partial charge in [-0.15, -0.1) is 0 Å². The number of anilines is 1. The fraction of sp³-hybridized carbons (Fsp3) is 0.297. The summed E-state index contributed by atoms with van der Waals surface area (Å²) in [5.74, 6) is -0.362. The summed E-state index contributed by atoms with van der Waals surface area (Å²) >= 11 is 6.17. The lowest BCUT2D eigenvalue weighted by molar-refractivity contribution is -0.140. The number of hydrogen-bond donors (Lipinski definition) is 1. The van der Waals surface area contributed by atoms with Crippen LogP contribution in [0, 0.1) is 6.92 Å². The zero-order valence-corrected chi connectivity index (χ0v) is 29.6. The topological polar surface area (TPSA) is 105 Å². The van der Waals surface area contributed by atoms with Gasteiger partial charge in [0.25, 0.3) is 10.0 Å². The van der Waals surface area contributed by atoms with E-state index in [2.05, 4.69) is 5.32 Å². The molecule has 0 spiro atoms. The van der Waals surface area contributed by atoms with Crippen molar-refractivity contribution in [2.75, 3.05) is 25.1 Å². The molecule has 0 radical (unpaired) electrons. The molecule has 9 nitrogen and oxygen atoms in total. The molecule has 4 aromatic carbocycles. The number of sulfonamides is 1. The number of amides is 2. The zero-order valence-electron chi connectivity index (χ0n) is 28.1. The molecule has 1 atom stereocenters. The molecule has 4 rings (SSSR count). The third-order valence-electron chi connectivity index (χ3n) is 7.58. The largest absolute Gasteiger partial charge is 0.493 e. The summed E-state index contributed by atoms with van der Waals surface area (Å²) in [4.78, 5) is 30.0. The summed E-state index contributed by atoms with van der Waals surface area (Å²) in [6.07, 6.45) is 0.212. The fourth-order valence-electron chi connectivity index (χ4n) is 5.14. The summed E-state index contributed by atoms with van der Waals surface area (Å²) in [5, 5.41) is 3.43. The highest BCUT2D eigenvalue weighted by Gasteiger charge is 2.36. The molecular formula is C37H42ClN3O6S. The third kappa shape index (κ3) is 9.29. The Morgan fingerprint density at radius 1 is 0.833 bits per heavy atom. The maximum absolute atomic E-state index is 14.6. The highest BCUT2D eigenvalue weighted by molar-refractivity contribution is 7.92. The minimum atomic E-state index is -4.36. The van der Waals surface area contributed by atoms with Gasteiger partial charge in [-0.2, -0.15) is 0 Å². The molecule has 0 saturated heterocycles. The smallest absolute Gasteiger partial charge is 0.264 e. The first-order chi connectivity index (χ1) is 22.7. The van der Waals surface area contributed by atoms with Gasteiger partial charge in [-0.05, 0) is 75.2 Å². The number of carbonyl (C=O) groups excluding carboxylic acids is 2. The Balaban J connectivity index is 1.83. The number of hydrogen-bond acceptors (Lipinski definition) is 6. The predicted octanol–water partition coefficient (Wildman–Crippen LogP) is 6.42. The second-order valence-electron chi connectivity index (χ2n) is 12.5. The van der Waals surface area contributed by atoms with Crippen molar-refractivity contribution in [3.63, 3.8) is 0 Å². The first-order valence-corrected chi connectivity index (χ1v) is 17.2. The molecule has 0 aliphatic heterocycles. The molecule has 0 unspecified atom stereocenters. The highest BCUT2D eigenvalue weighted by atomic mass is 35.5. The van der Waals surface area contributed by atoms with Gasteiger partial charge in [-0.3, -0.25) is 13.9 Å². The first-order valence-electron chi connectivity index (χ1n) is 15.4. The lowest BCUT2D eigenvalue weighted by atomic mass is 10.0. The van der Waals surface area contributed by atoms with Gasteiger partial charge in [-0.1, -0.05) is 71.8 Å².